The van der Waals surface area contributed by atoms with E-state index in [1.807, 2.05) is 0 Å². The molecule has 1 saturated carbocycles. The first kappa shape index (κ1) is 12.7. The lowest BCUT2D eigenvalue weighted by Gasteiger charge is -2.53. The van der Waals surface area contributed by atoms with Crippen LogP contribution in [0.25, 0.3) is 0 Å². The minimum absolute atomic E-state index is 0.261. The molecular formula is C13H26N2S. The number of thioether (sulfide) groups is 1. The van der Waals surface area contributed by atoms with Gasteiger partial charge in [-0.1, -0.05) is 20.3 Å². The fourth-order valence-electron chi connectivity index (χ4n) is 3.17. The second-order valence-electron chi connectivity index (χ2n) is 6.46. The third kappa shape index (κ3) is 2.27. The average molecular weight is 242 g/mol. The Bertz CT molecular complexity index is 250. The Balaban J connectivity index is 2.10. The number of rotatable bonds is 3. The van der Waals surface area contributed by atoms with Crippen molar-refractivity contribution in [2.45, 2.75) is 51.1 Å². The third-order valence-corrected chi connectivity index (χ3v) is 6.15. The molecule has 1 saturated heterocycles. The van der Waals surface area contributed by atoms with Crippen molar-refractivity contribution in [3.63, 3.8) is 0 Å². The molecular weight excluding hydrogens is 216 g/mol. The molecule has 1 unspecified atom stereocenters. The fraction of sp³-hybridized carbons (Fsp3) is 1.00. The fourth-order valence-corrected chi connectivity index (χ4v) is 4.73. The van der Waals surface area contributed by atoms with Crippen LogP contribution in [0.3, 0.4) is 0 Å². The standard InChI is InChI=1S/C13H26N2S/c1-12(2)7-13(8-14,10-16-9-12)15(3)11-5-4-6-11/h11H,4-10,14H2,1-3H3. The molecule has 3 heteroatoms. The van der Waals surface area contributed by atoms with Crippen LogP contribution < -0.4 is 5.73 Å². The first-order chi connectivity index (χ1) is 7.49. The van der Waals surface area contributed by atoms with E-state index in [-0.39, 0.29) is 5.54 Å². The molecule has 1 aliphatic carbocycles. The van der Waals surface area contributed by atoms with Gasteiger partial charge < -0.3 is 5.73 Å². The third-order valence-electron chi connectivity index (χ3n) is 4.42. The van der Waals surface area contributed by atoms with Crippen LogP contribution >= 0.6 is 11.8 Å². The second kappa shape index (κ2) is 4.51. The van der Waals surface area contributed by atoms with Gasteiger partial charge in [0.2, 0.25) is 0 Å². The number of hydrogen-bond acceptors (Lipinski definition) is 3. The summed E-state index contributed by atoms with van der Waals surface area (Å²) in [7, 11) is 2.30. The topological polar surface area (TPSA) is 29.3 Å². The Labute approximate surface area is 104 Å². The molecule has 1 heterocycles. The minimum Gasteiger partial charge on any atom is -0.329 e. The Morgan fingerprint density at radius 1 is 1.31 bits per heavy atom. The number of hydrogen-bond donors (Lipinski definition) is 1. The van der Waals surface area contributed by atoms with Crippen LogP contribution in [0.2, 0.25) is 0 Å². The number of nitrogens with two attached hydrogens (primary N) is 1. The van der Waals surface area contributed by atoms with Gasteiger partial charge in [-0.3, -0.25) is 4.90 Å². The molecule has 2 fully saturated rings. The summed E-state index contributed by atoms with van der Waals surface area (Å²) in [4.78, 5) is 2.62. The van der Waals surface area contributed by atoms with Crippen LogP contribution in [0.5, 0.6) is 0 Å². The average Bonchev–Trinajstić information content (AvgIpc) is 2.13. The molecule has 94 valence electrons. The summed E-state index contributed by atoms with van der Waals surface area (Å²) in [5, 5.41) is 0. The van der Waals surface area contributed by atoms with Crippen LogP contribution in [-0.4, -0.2) is 41.6 Å². The van der Waals surface area contributed by atoms with Crippen LogP contribution in [-0.2, 0) is 0 Å². The van der Waals surface area contributed by atoms with Gasteiger partial charge in [0.25, 0.3) is 0 Å². The predicted octanol–water partition coefficient (Wildman–Crippen LogP) is 2.33. The van der Waals surface area contributed by atoms with Crippen molar-refractivity contribution in [2.24, 2.45) is 11.1 Å². The zero-order chi connectivity index (χ0) is 11.8. The van der Waals surface area contributed by atoms with E-state index in [0.717, 1.165) is 12.6 Å². The lowest BCUT2D eigenvalue weighted by molar-refractivity contribution is 0.0233. The van der Waals surface area contributed by atoms with Gasteiger partial charge in [-0.2, -0.15) is 11.8 Å². The van der Waals surface area contributed by atoms with Gasteiger partial charge in [0, 0.05) is 23.9 Å². The molecule has 2 rings (SSSR count). The van der Waals surface area contributed by atoms with E-state index in [2.05, 4.69) is 37.6 Å². The van der Waals surface area contributed by atoms with E-state index in [1.165, 1.54) is 37.2 Å². The molecule has 1 aliphatic heterocycles. The Morgan fingerprint density at radius 3 is 2.44 bits per heavy atom. The first-order valence-electron chi connectivity index (χ1n) is 6.50. The molecule has 0 aromatic heterocycles. The lowest BCUT2D eigenvalue weighted by Crippen LogP contribution is -2.62. The first-order valence-corrected chi connectivity index (χ1v) is 7.65. The normalized spacial score (nSPS) is 35.1. The van der Waals surface area contributed by atoms with Crippen LogP contribution in [0.1, 0.15) is 39.5 Å². The van der Waals surface area contributed by atoms with Gasteiger partial charge in [-0.05, 0) is 37.5 Å². The predicted molar refractivity (Wildman–Crippen MR) is 72.9 cm³/mol. The molecule has 0 aromatic rings. The van der Waals surface area contributed by atoms with E-state index in [9.17, 15) is 0 Å². The van der Waals surface area contributed by atoms with Crippen molar-refractivity contribution in [3.05, 3.63) is 0 Å². The van der Waals surface area contributed by atoms with Crippen molar-refractivity contribution in [1.29, 1.82) is 0 Å². The highest BCUT2D eigenvalue weighted by Crippen LogP contribution is 2.43. The Kier molecular flexibility index (Phi) is 3.58. The second-order valence-corrected chi connectivity index (χ2v) is 7.44. The van der Waals surface area contributed by atoms with Crippen molar-refractivity contribution < 1.29 is 0 Å². The molecule has 2 nitrogen and oxygen atoms in total. The van der Waals surface area contributed by atoms with E-state index in [1.54, 1.807) is 0 Å². The van der Waals surface area contributed by atoms with Crippen molar-refractivity contribution in [3.8, 4) is 0 Å². The van der Waals surface area contributed by atoms with E-state index in [4.69, 9.17) is 5.73 Å². The highest BCUT2D eigenvalue weighted by Gasteiger charge is 2.45. The Morgan fingerprint density at radius 2 is 2.00 bits per heavy atom. The maximum atomic E-state index is 6.12. The van der Waals surface area contributed by atoms with Gasteiger partial charge in [0.1, 0.15) is 0 Å². The van der Waals surface area contributed by atoms with Crippen molar-refractivity contribution >= 4 is 11.8 Å². The summed E-state index contributed by atoms with van der Waals surface area (Å²) in [6, 6.07) is 0.804. The zero-order valence-electron chi connectivity index (χ0n) is 11.0. The zero-order valence-corrected chi connectivity index (χ0v) is 11.8. The van der Waals surface area contributed by atoms with Crippen LogP contribution in [0.4, 0.5) is 0 Å². The SMILES string of the molecule is CN(C1CCC1)C1(CN)CSCC(C)(C)C1. The molecule has 0 bridgehead atoms. The van der Waals surface area contributed by atoms with Crippen molar-refractivity contribution in [2.75, 3.05) is 25.1 Å². The highest BCUT2D eigenvalue weighted by atomic mass is 32.2. The molecule has 0 amide bonds. The molecule has 0 radical (unpaired) electrons. The van der Waals surface area contributed by atoms with Crippen LogP contribution in [0, 0.1) is 5.41 Å². The summed E-state index contributed by atoms with van der Waals surface area (Å²) < 4.78 is 0. The maximum absolute atomic E-state index is 6.12. The quantitative estimate of drug-likeness (QED) is 0.823. The van der Waals surface area contributed by atoms with Gasteiger partial charge in [-0.15, -0.1) is 0 Å². The van der Waals surface area contributed by atoms with Gasteiger partial charge in [-0.25, -0.2) is 0 Å². The Hall–Kier alpha value is 0.270. The molecule has 16 heavy (non-hydrogen) atoms. The molecule has 0 aromatic carbocycles. The summed E-state index contributed by atoms with van der Waals surface area (Å²) in [6.07, 6.45) is 5.43. The van der Waals surface area contributed by atoms with Gasteiger partial charge >= 0.3 is 0 Å². The number of nitrogens with zero attached hydrogens (tertiary/aromatic N) is 1. The summed E-state index contributed by atoms with van der Waals surface area (Å²) in [6.45, 7) is 5.59. The van der Waals surface area contributed by atoms with Crippen molar-refractivity contribution in [1.82, 2.24) is 4.90 Å². The molecule has 2 N–H and O–H groups in total. The molecule has 2 aliphatic rings. The number of likely N-dealkylation sites (N-methyl/N-ethyl adjacent to an activating group) is 1. The van der Waals surface area contributed by atoms with Gasteiger partial charge in [0.05, 0.1) is 0 Å². The van der Waals surface area contributed by atoms with E-state index >= 15 is 0 Å². The minimum atomic E-state index is 0.261. The molecule has 0 spiro atoms. The van der Waals surface area contributed by atoms with Gasteiger partial charge in [0.15, 0.2) is 0 Å². The molecule has 1 atom stereocenters. The summed E-state index contributed by atoms with van der Waals surface area (Å²) in [5.41, 5.74) is 6.83. The van der Waals surface area contributed by atoms with Crippen LogP contribution in [0.15, 0.2) is 0 Å². The highest BCUT2D eigenvalue weighted by molar-refractivity contribution is 7.99. The lowest BCUT2D eigenvalue weighted by atomic mass is 9.77. The monoisotopic (exact) mass is 242 g/mol. The summed E-state index contributed by atoms with van der Waals surface area (Å²) in [5.74, 6) is 2.51. The summed E-state index contributed by atoms with van der Waals surface area (Å²) >= 11 is 2.09. The van der Waals surface area contributed by atoms with E-state index in [0.29, 0.717) is 5.41 Å². The maximum Gasteiger partial charge on any atom is 0.0427 e. The van der Waals surface area contributed by atoms with E-state index < -0.39 is 0 Å². The largest absolute Gasteiger partial charge is 0.329 e. The smallest absolute Gasteiger partial charge is 0.0427 e.